The van der Waals surface area contributed by atoms with Gasteiger partial charge in [-0.2, -0.15) is 0 Å². The van der Waals surface area contributed by atoms with Crippen molar-refractivity contribution in [2.75, 3.05) is 13.7 Å². The second-order valence-corrected chi connectivity index (χ2v) is 5.82. The van der Waals surface area contributed by atoms with Gasteiger partial charge in [0.2, 0.25) is 5.88 Å². The molecule has 0 bridgehead atoms. The zero-order valence-corrected chi connectivity index (χ0v) is 12.0. The molecule has 0 amide bonds. The first-order valence-electron chi connectivity index (χ1n) is 7.54. The number of Topliss-reactive ketones (excluding diaryl/α,β-unsaturated/α-hetero) is 1. The molecule has 1 aliphatic heterocycles. The van der Waals surface area contributed by atoms with Crippen LogP contribution in [-0.2, 0) is 11.3 Å². The van der Waals surface area contributed by atoms with E-state index in [9.17, 15) is 4.79 Å². The van der Waals surface area contributed by atoms with Gasteiger partial charge in [-0.1, -0.05) is 6.07 Å². The Bertz CT molecular complexity index is 489. The monoisotopic (exact) mass is 274 g/mol. The lowest BCUT2D eigenvalue weighted by atomic mass is 9.95. The van der Waals surface area contributed by atoms with E-state index in [0.29, 0.717) is 17.7 Å². The Morgan fingerprint density at radius 1 is 1.35 bits per heavy atom. The van der Waals surface area contributed by atoms with Crippen molar-refractivity contribution in [3.05, 3.63) is 23.9 Å². The molecule has 4 nitrogen and oxygen atoms in total. The van der Waals surface area contributed by atoms with Crippen molar-refractivity contribution < 1.29 is 9.53 Å². The number of likely N-dealkylation sites (tertiary alicyclic amines) is 1. The highest BCUT2D eigenvalue weighted by atomic mass is 16.5. The fraction of sp³-hybridized carbons (Fsp3) is 0.625. The predicted octanol–water partition coefficient (Wildman–Crippen LogP) is 2.42. The fourth-order valence-electron chi connectivity index (χ4n) is 3.62. The predicted molar refractivity (Wildman–Crippen MR) is 76.6 cm³/mol. The second kappa shape index (κ2) is 5.92. The summed E-state index contributed by atoms with van der Waals surface area (Å²) < 4.78 is 5.18. The Morgan fingerprint density at radius 3 is 3.00 bits per heavy atom. The quantitative estimate of drug-likeness (QED) is 0.845. The van der Waals surface area contributed by atoms with Crippen LogP contribution < -0.4 is 4.74 Å². The molecule has 2 unspecified atom stereocenters. The van der Waals surface area contributed by atoms with Crippen molar-refractivity contribution in [2.45, 2.75) is 44.7 Å². The van der Waals surface area contributed by atoms with Crippen LogP contribution >= 0.6 is 0 Å². The first-order chi connectivity index (χ1) is 9.78. The van der Waals surface area contributed by atoms with Gasteiger partial charge in [-0.15, -0.1) is 0 Å². The van der Waals surface area contributed by atoms with Gasteiger partial charge in [0.1, 0.15) is 5.78 Å². The van der Waals surface area contributed by atoms with Crippen LogP contribution in [0.4, 0.5) is 0 Å². The number of pyridine rings is 1. The van der Waals surface area contributed by atoms with Crippen LogP contribution in [0.5, 0.6) is 5.88 Å². The molecular formula is C16H22N2O2. The zero-order valence-electron chi connectivity index (χ0n) is 12.0. The molecule has 0 spiro atoms. The molecular weight excluding hydrogens is 252 g/mol. The standard InChI is InChI=1S/C16H22N2O2/c1-20-16-9-2-5-12(17-16)11-18-10-4-7-14(18)13-6-3-8-15(13)19/h2,5,9,13-14H,3-4,6-8,10-11H2,1H3. The third-order valence-corrected chi connectivity index (χ3v) is 4.59. The molecule has 2 atom stereocenters. The minimum Gasteiger partial charge on any atom is -0.481 e. The number of carbonyl (C=O) groups is 1. The molecule has 1 aromatic rings. The summed E-state index contributed by atoms with van der Waals surface area (Å²) >= 11 is 0. The molecule has 1 saturated heterocycles. The third-order valence-electron chi connectivity index (χ3n) is 4.59. The highest BCUT2D eigenvalue weighted by Gasteiger charge is 2.37. The topological polar surface area (TPSA) is 42.4 Å². The maximum atomic E-state index is 12.0. The number of hydrogen-bond donors (Lipinski definition) is 0. The van der Waals surface area contributed by atoms with Crippen LogP contribution in [-0.4, -0.2) is 35.4 Å². The fourth-order valence-corrected chi connectivity index (χ4v) is 3.62. The van der Waals surface area contributed by atoms with Crippen molar-refractivity contribution in [1.29, 1.82) is 0 Å². The molecule has 0 aromatic carbocycles. The Balaban J connectivity index is 1.70. The molecule has 1 aliphatic carbocycles. The van der Waals surface area contributed by atoms with Crippen molar-refractivity contribution in [2.24, 2.45) is 5.92 Å². The second-order valence-electron chi connectivity index (χ2n) is 5.82. The minimum atomic E-state index is 0.267. The largest absolute Gasteiger partial charge is 0.481 e. The first-order valence-corrected chi connectivity index (χ1v) is 7.54. The average molecular weight is 274 g/mol. The van der Waals surface area contributed by atoms with E-state index in [1.807, 2.05) is 18.2 Å². The normalized spacial score (nSPS) is 27.1. The molecule has 2 aliphatic rings. The van der Waals surface area contributed by atoms with Crippen molar-refractivity contribution in [3.63, 3.8) is 0 Å². The lowest BCUT2D eigenvalue weighted by Gasteiger charge is -2.28. The van der Waals surface area contributed by atoms with Crippen molar-refractivity contribution >= 4 is 5.78 Å². The molecule has 0 radical (unpaired) electrons. The van der Waals surface area contributed by atoms with Gasteiger partial charge in [-0.25, -0.2) is 4.98 Å². The number of nitrogens with zero attached hydrogens (tertiary/aromatic N) is 2. The van der Waals surface area contributed by atoms with Crippen molar-refractivity contribution in [1.82, 2.24) is 9.88 Å². The van der Waals surface area contributed by atoms with Gasteiger partial charge in [-0.05, 0) is 38.3 Å². The Kier molecular flexibility index (Phi) is 4.01. The van der Waals surface area contributed by atoms with Gasteiger partial charge in [0.15, 0.2) is 0 Å². The number of aromatic nitrogens is 1. The number of ether oxygens (including phenoxy) is 1. The molecule has 0 N–H and O–H groups in total. The number of methoxy groups -OCH3 is 1. The number of rotatable bonds is 4. The number of hydrogen-bond acceptors (Lipinski definition) is 4. The zero-order chi connectivity index (χ0) is 13.9. The summed E-state index contributed by atoms with van der Waals surface area (Å²) in [5.74, 6) is 1.40. The molecule has 4 heteroatoms. The van der Waals surface area contributed by atoms with Crippen LogP contribution in [0.25, 0.3) is 0 Å². The Labute approximate surface area is 120 Å². The highest BCUT2D eigenvalue weighted by Crippen LogP contribution is 2.33. The van der Waals surface area contributed by atoms with E-state index in [1.165, 1.54) is 6.42 Å². The summed E-state index contributed by atoms with van der Waals surface area (Å²) in [7, 11) is 1.64. The van der Waals surface area contributed by atoms with Crippen LogP contribution in [0.3, 0.4) is 0 Å². The van der Waals surface area contributed by atoms with Crippen LogP contribution in [0, 0.1) is 5.92 Å². The summed E-state index contributed by atoms with van der Waals surface area (Å²) in [5, 5.41) is 0. The van der Waals surface area contributed by atoms with E-state index in [2.05, 4.69) is 9.88 Å². The third kappa shape index (κ3) is 2.70. The van der Waals surface area contributed by atoms with Gasteiger partial charge < -0.3 is 4.74 Å². The lowest BCUT2D eigenvalue weighted by molar-refractivity contribution is -0.122. The maximum Gasteiger partial charge on any atom is 0.213 e. The van der Waals surface area contributed by atoms with Gasteiger partial charge in [-0.3, -0.25) is 9.69 Å². The number of ketones is 1. The molecule has 108 valence electrons. The van der Waals surface area contributed by atoms with Gasteiger partial charge in [0, 0.05) is 31.0 Å². The van der Waals surface area contributed by atoms with Crippen LogP contribution in [0.1, 0.15) is 37.8 Å². The molecule has 1 saturated carbocycles. The summed E-state index contributed by atoms with van der Waals surface area (Å²) in [6.45, 7) is 1.90. The summed E-state index contributed by atoms with van der Waals surface area (Å²) in [4.78, 5) is 18.9. The van der Waals surface area contributed by atoms with Gasteiger partial charge in [0.05, 0.1) is 12.8 Å². The molecule has 3 rings (SSSR count). The SMILES string of the molecule is COc1cccc(CN2CCCC2C2CCCC2=O)n1. The smallest absolute Gasteiger partial charge is 0.213 e. The lowest BCUT2D eigenvalue weighted by Crippen LogP contribution is -2.37. The summed E-state index contributed by atoms with van der Waals surface area (Å²) in [6, 6.07) is 6.31. The molecule has 2 fully saturated rings. The molecule has 2 heterocycles. The van der Waals surface area contributed by atoms with Gasteiger partial charge >= 0.3 is 0 Å². The average Bonchev–Trinajstić information content (AvgIpc) is 3.07. The van der Waals surface area contributed by atoms with E-state index >= 15 is 0 Å². The van der Waals surface area contributed by atoms with E-state index in [4.69, 9.17) is 4.74 Å². The van der Waals surface area contributed by atoms with Crippen LogP contribution in [0.2, 0.25) is 0 Å². The Hall–Kier alpha value is -1.42. The maximum absolute atomic E-state index is 12.0. The van der Waals surface area contributed by atoms with Crippen molar-refractivity contribution in [3.8, 4) is 5.88 Å². The highest BCUT2D eigenvalue weighted by molar-refractivity contribution is 5.83. The minimum absolute atomic E-state index is 0.267. The van der Waals surface area contributed by atoms with E-state index in [-0.39, 0.29) is 5.92 Å². The van der Waals surface area contributed by atoms with E-state index in [1.54, 1.807) is 7.11 Å². The first kappa shape index (κ1) is 13.6. The van der Waals surface area contributed by atoms with E-state index in [0.717, 1.165) is 44.5 Å². The summed E-state index contributed by atoms with van der Waals surface area (Å²) in [6.07, 6.45) is 5.28. The van der Waals surface area contributed by atoms with Crippen LogP contribution in [0.15, 0.2) is 18.2 Å². The Morgan fingerprint density at radius 2 is 2.25 bits per heavy atom. The summed E-state index contributed by atoms with van der Waals surface area (Å²) in [5.41, 5.74) is 1.03. The van der Waals surface area contributed by atoms with E-state index < -0.39 is 0 Å². The molecule has 1 aromatic heterocycles. The van der Waals surface area contributed by atoms with Gasteiger partial charge in [0.25, 0.3) is 0 Å². The molecule has 20 heavy (non-hydrogen) atoms. The number of carbonyl (C=O) groups excluding carboxylic acids is 1.